The SMILES string of the molecule is COC(=O)c1nn(-c2ccccc2)c(C(C)(C)C)c1Cl. The molecule has 0 aliphatic rings. The van der Waals surface area contributed by atoms with Gasteiger partial charge in [-0.3, -0.25) is 0 Å². The first kappa shape index (κ1) is 14.6. The smallest absolute Gasteiger partial charge is 0.360 e. The number of halogens is 1. The van der Waals surface area contributed by atoms with Crippen molar-refractivity contribution in [2.24, 2.45) is 0 Å². The summed E-state index contributed by atoms with van der Waals surface area (Å²) in [5, 5.41) is 4.67. The van der Waals surface area contributed by atoms with E-state index in [1.807, 2.05) is 51.1 Å². The maximum absolute atomic E-state index is 11.8. The van der Waals surface area contributed by atoms with Gasteiger partial charge in [0.2, 0.25) is 0 Å². The Bertz CT molecular complexity index is 627. The Morgan fingerprint density at radius 2 is 1.85 bits per heavy atom. The number of carbonyl (C=O) groups excluding carboxylic acids is 1. The highest BCUT2D eigenvalue weighted by atomic mass is 35.5. The van der Waals surface area contributed by atoms with Crippen molar-refractivity contribution in [2.75, 3.05) is 7.11 Å². The highest BCUT2D eigenvalue weighted by Crippen LogP contribution is 2.34. The summed E-state index contributed by atoms with van der Waals surface area (Å²) in [4.78, 5) is 11.8. The van der Waals surface area contributed by atoms with Gasteiger partial charge >= 0.3 is 5.97 Å². The molecule has 0 spiro atoms. The third kappa shape index (κ3) is 2.56. The van der Waals surface area contributed by atoms with Crippen LogP contribution in [0, 0.1) is 0 Å². The van der Waals surface area contributed by atoms with Gasteiger partial charge in [0.25, 0.3) is 0 Å². The summed E-state index contributed by atoms with van der Waals surface area (Å²) in [6.07, 6.45) is 0. The van der Waals surface area contributed by atoms with E-state index in [1.165, 1.54) is 7.11 Å². The lowest BCUT2D eigenvalue weighted by molar-refractivity contribution is 0.0593. The summed E-state index contributed by atoms with van der Waals surface area (Å²) < 4.78 is 6.44. The van der Waals surface area contributed by atoms with Crippen molar-refractivity contribution in [3.05, 3.63) is 46.7 Å². The van der Waals surface area contributed by atoms with Gasteiger partial charge in [0.15, 0.2) is 5.69 Å². The van der Waals surface area contributed by atoms with E-state index in [9.17, 15) is 4.79 Å². The van der Waals surface area contributed by atoms with Crippen LogP contribution in [0.2, 0.25) is 5.02 Å². The summed E-state index contributed by atoms with van der Waals surface area (Å²) in [6, 6.07) is 9.58. The molecule has 1 aromatic heterocycles. The Hall–Kier alpha value is -1.81. The number of nitrogens with zero attached hydrogens (tertiary/aromatic N) is 2. The summed E-state index contributed by atoms with van der Waals surface area (Å²) in [5.74, 6) is -0.532. The first-order valence-corrected chi connectivity index (χ1v) is 6.66. The van der Waals surface area contributed by atoms with Gasteiger partial charge in [-0.2, -0.15) is 5.10 Å². The molecule has 1 aromatic carbocycles. The average Bonchev–Trinajstić information content (AvgIpc) is 2.76. The minimum atomic E-state index is -0.532. The van der Waals surface area contributed by atoms with Crippen LogP contribution in [0.15, 0.2) is 30.3 Å². The van der Waals surface area contributed by atoms with Crippen molar-refractivity contribution in [1.29, 1.82) is 0 Å². The molecule has 0 amide bonds. The number of hydrogen-bond donors (Lipinski definition) is 0. The second-order valence-corrected chi connectivity index (χ2v) is 5.88. The molecule has 2 rings (SSSR count). The summed E-state index contributed by atoms with van der Waals surface area (Å²) in [6.45, 7) is 6.07. The Balaban J connectivity index is 2.71. The van der Waals surface area contributed by atoms with Crippen LogP contribution in [0.4, 0.5) is 0 Å². The predicted molar refractivity (Wildman–Crippen MR) is 78.6 cm³/mol. The number of esters is 1. The number of carbonyl (C=O) groups is 1. The fraction of sp³-hybridized carbons (Fsp3) is 0.333. The van der Waals surface area contributed by atoms with E-state index in [2.05, 4.69) is 5.10 Å². The second kappa shape index (κ2) is 5.29. The molecule has 0 aliphatic carbocycles. The maximum atomic E-state index is 11.8. The van der Waals surface area contributed by atoms with Crippen LogP contribution < -0.4 is 0 Å². The van der Waals surface area contributed by atoms with Crippen LogP contribution in [0.1, 0.15) is 37.0 Å². The largest absolute Gasteiger partial charge is 0.464 e. The summed E-state index contributed by atoms with van der Waals surface area (Å²) in [7, 11) is 1.32. The van der Waals surface area contributed by atoms with Crippen molar-refractivity contribution >= 4 is 17.6 Å². The first-order valence-electron chi connectivity index (χ1n) is 6.29. The zero-order valence-corrected chi connectivity index (χ0v) is 12.7. The number of para-hydroxylation sites is 1. The van der Waals surface area contributed by atoms with Crippen LogP contribution in [0.25, 0.3) is 5.69 Å². The maximum Gasteiger partial charge on any atom is 0.360 e. The molecule has 1 heterocycles. The Labute approximate surface area is 123 Å². The second-order valence-electron chi connectivity index (χ2n) is 5.50. The highest BCUT2D eigenvalue weighted by molar-refractivity contribution is 6.34. The van der Waals surface area contributed by atoms with Gasteiger partial charge < -0.3 is 4.74 Å². The minimum Gasteiger partial charge on any atom is -0.464 e. The highest BCUT2D eigenvalue weighted by Gasteiger charge is 2.30. The van der Waals surface area contributed by atoms with Crippen molar-refractivity contribution in [1.82, 2.24) is 9.78 Å². The number of ether oxygens (including phenoxy) is 1. The molecule has 0 N–H and O–H groups in total. The van der Waals surface area contributed by atoms with Gasteiger partial charge in [0.1, 0.15) is 0 Å². The lowest BCUT2D eigenvalue weighted by Gasteiger charge is -2.20. The lowest BCUT2D eigenvalue weighted by Crippen LogP contribution is -2.17. The van der Waals surface area contributed by atoms with Gasteiger partial charge in [-0.25, -0.2) is 9.48 Å². The van der Waals surface area contributed by atoms with Gasteiger partial charge in [-0.15, -0.1) is 0 Å². The molecular weight excluding hydrogens is 276 g/mol. The molecule has 106 valence electrons. The Morgan fingerprint density at radius 3 is 2.35 bits per heavy atom. The molecule has 0 bridgehead atoms. The van der Waals surface area contributed by atoms with Gasteiger partial charge in [-0.05, 0) is 12.1 Å². The zero-order chi connectivity index (χ0) is 14.9. The van der Waals surface area contributed by atoms with Crippen LogP contribution in [-0.2, 0) is 10.2 Å². The zero-order valence-electron chi connectivity index (χ0n) is 12.0. The summed E-state index contributed by atoms with van der Waals surface area (Å²) in [5.41, 5.74) is 1.52. The normalized spacial score (nSPS) is 11.4. The fourth-order valence-electron chi connectivity index (χ4n) is 2.03. The molecular formula is C15H17ClN2O2. The van der Waals surface area contributed by atoms with Gasteiger partial charge in [0, 0.05) is 5.41 Å². The number of methoxy groups -OCH3 is 1. The molecule has 5 heteroatoms. The number of hydrogen-bond acceptors (Lipinski definition) is 3. The van der Waals surface area contributed by atoms with E-state index >= 15 is 0 Å². The van der Waals surface area contributed by atoms with Crippen LogP contribution in [-0.4, -0.2) is 22.9 Å². The van der Waals surface area contributed by atoms with Crippen molar-refractivity contribution in [3.63, 3.8) is 0 Å². The first-order chi connectivity index (χ1) is 9.36. The van der Waals surface area contributed by atoms with E-state index in [0.717, 1.165) is 11.4 Å². The molecule has 0 saturated heterocycles. The van der Waals surface area contributed by atoms with Crippen molar-refractivity contribution < 1.29 is 9.53 Å². The Kier molecular flexibility index (Phi) is 3.86. The van der Waals surface area contributed by atoms with Crippen molar-refractivity contribution in [2.45, 2.75) is 26.2 Å². The fourth-order valence-corrected chi connectivity index (χ4v) is 2.51. The monoisotopic (exact) mass is 292 g/mol. The van der Waals surface area contributed by atoms with E-state index < -0.39 is 5.97 Å². The van der Waals surface area contributed by atoms with E-state index in [4.69, 9.17) is 16.3 Å². The third-order valence-electron chi connectivity index (χ3n) is 2.92. The quantitative estimate of drug-likeness (QED) is 0.794. The number of benzene rings is 1. The van der Waals surface area contributed by atoms with Gasteiger partial charge in [0.05, 0.1) is 23.5 Å². The van der Waals surface area contributed by atoms with Crippen molar-refractivity contribution in [3.8, 4) is 5.69 Å². The standard InChI is InChI=1S/C15H17ClN2O2/c1-15(2,3)13-11(16)12(14(19)20-4)17-18(13)10-8-6-5-7-9-10/h5-9H,1-4H3. The minimum absolute atomic E-state index is 0.142. The van der Waals surface area contributed by atoms with Crippen LogP contribution >= 0.6 is 11.6 Å². The molecule has 4 nitrogen and oxygen atoms in total. The summed E-state index contributed by atoms with van der Waals surface area (Å²) >= 11 is 6.35. The van der Waals surface area contributed by atoms with E-state index in [-0.39, 0.29) is 11.1 Å². The average molecular weight is 293 g/mol. The predicted octanol–water partition coefficient (Wildman–Crippen LogP) is 3.61. The number of aromatic nitrogens is 2. The van der Waals surface area contributed by atoms with Crippen LogP contribution in [0.3, 0.4) is 0 Å². The molecule has 0 atom stereocenters. The molecule has 0 radical (unpaired) electrons. The third-order valence-corrected chi connectivity index (χ3v) is 3.28. The van der Waals surface area contributed by atoms with E-state index in [0.29, 0.717) is 5.02 Å². The van der Waals surface area contributed by atoms with E-state index in [1.54, 1.807) is 4.68 Å². The number of rotatable bonds is 2. The molecule has 0 unspecified atom stereocenters. The Morgan fingerprint density at radius 1 is 1.25 bits per heavy atom. The molecule has 2 aromatic rings. The van der Waals surface area contributed by atoms with Gasteiger partial charge in [-0.1, -0.05) is 50.6 Å². The topological polar surface area (TPSA) is 44.1 Å². The molecule has 0 saturated carbocycles. The molecule has 0 aliphatic heterocycles. The van der Waals surface area contributed by atoms with Crippen LogP contribution in [0.5, 0.6) is 0 Å². The molecule has 0 fully saturated rings. The lowest BCUT2D eigenvalue weighted by atomic mass is 9.91. The molecule has 20 heavy (non-hydrogen) atoms.